The number of halogens is 2. The summed E-state index contributed by atoms with van der Waals surface area (Å²) < 4.78 is 20.2. The lowest BCUT2D eigenvalue weighted by Gasteiger charge is -2.40. The molecule has 3 atom stereocenters. The third kappa shape index (κ3) is 6.37. The van der Waals surface area contributed by atoms with Crippen molar-refractivity contribution in [1.29, 1.82) is 0 Å². The van der Waals surface area contributed by atoms with Gasteiger partial charge in [0.1, 0.15) is 6.10 Å². The zero-order valence-corrected chi connectivity index (χ0v) is 26.7. The van der Waals surface area contributed by atoms with Crippen molar-refractivity contribution in [3.8, 4) is 0 Å². The third-order valence-electron chi connectivity index (χ3n) is 8.12. The standard InChI is InChI=1S/C35H34Cl2N4O4/c1-21-22(2)41-17-16-25-31(35(41)38-21)40-30(23-10-5-4-6-11-23)34(33(25)44-19-18-43-3)45-29(42)20-24-12-7-8-15-28(24)39-32-26(36)13-9-14-27(32)37/h4-17,30,33-34,39-40H,18-20H2,1-3H3. The number of carbonyl (C=O) groups is 1. The van der Waals surface area contributed by atoms with Crippen molar-refractivity contribution in [2.24, 2.45) is 0 Å². The van der Waals surface area contributed by atoms with Crippen molar-refractivity contribution in [3.63, 3.8) is 0 Å². The summed E-state index contributed by atoms with van der Waals surface area (Å²) in [4.78, 5) is 18.7. The molecule has 1 aliphatic heterocycles. The molecule has 232 valence electrons. The van der Waals surface area contributed by atoms with Crippen LogP contribution in [0.5, 0.6) is 0 Å². The number of ether oxygens (including phenoxy) is 3. The van der Waals surface area contributed by atoms with Gasteiger partial charge in [-0.3, -0.25) is 4.79 Å². The molecule has 45 heavy (non-hydrogen) atoms. The van der Waals surface area contributed by atoms with Gasteiger partial charge in [0.2, 0.25) is 0 Å². The number of aryl methyl sites for hydroxylation is 2. The average molecular weight is 646 g/mol. The number of nitrogens with one attached hydrogen (secondary N) is 2. The van der Waals surface area contributed by atoms with E-state index in [0.717, 1.165) is 39.4 Å². The van der Waals surface area contributed by atoms with Crippen LogP contribution in [0.4, 0.5) is 17.1 Å². The molecule has 0 radical (unpaired) electrons. The fraction of sp³-hybridized carbons (Fsp3) is 0.257. The smallest absolute Gasteiger partial charge is 0.310 e. The number of benzene rings is 3. The Hall–Kier alpha value is -4.08. The molecule has 3 unspecified atom stereocenters. The second-order valence-corrected chi connectivity index (χ2v) is 11.8. The van der Waals surface area contributed by atoms with E-state index in [1.807, 2.05) is 80.7 Å². The third-order valence-corrected chi connectivity index (χ3v) is 8.75. The molecule has 3 heterocycles. The van der Waals surface area contributed by atoms with E-state index in [2.05, 4.69) is 15.0 Å². The van der Waals surface area contributed by atoms with Crippen LogP contribution in [0.3, 0.4) is 0 Å². The highest BCUT2D eigenvalue weighted by molar-refractivity contribution is 6.39. The molecule has 0 amide bonds. The summed E-state index contributed by atoms with van der Waals surface area (Å²) in [6.45, 7) is 4.75. The lowest BCUT2D eigenvalue weighted by atomic mass is 9.88. The summed E-state index contributed by atoms with van der Waals surface area (Å²) in [7, 11) is 1.63. The van der Waals surface area contributed by atoms with Crippen molar-refractivity contribution < 1.29 is 19.0 Å². The van der Waals surface area contributed by atoms with Crippen LogP contribution in [-0.4, -0.2) is 41.8 Å². The van der Waals surface area contributed by atoms with Gasteiger partial charge in [0.15, 0.2) is 11.8 Å². The lowest BCUT2D eigenvalue weighted by Crippen LogP contribution is -2.41. The molecule has 2 N–H and O–H groups in total. The second-order valence-electron chi connectivity index (χ2n) is 10.9. The molecule has 0 fully saturated rings. The maximum absolute atomic E-state index is 13.8. The number of anilines is 3. The van der Waals surface area contributed by atoms with E-state index in [1.165, 1.54) is 0 Å². The maximum Gasteiger partial charge on any atom is 0.310 e. The highest BCUT2D eigenvalue weighted by Gasteiger charge is 2.42. The number of rotatable bonds is 10. The van der Waals surface area contributed by atoms with Crippen LogP contribution in [0.1, 0.15) is 40.2 Å². The molecule has 5 aromatic rings. The van der Waals surface area contributed by atoms with Gasteiger partial charge < -0.3 is 29.2 Å². The number of fused-ring (bicyclic) bond motifs is 3. The number of nitrogens with zero attached hydrogens (tertiary/aromatic N) is 2. The fourth-order valence-electron chi connectivity index (χ4n) is 5.73. The van der Waals surface area contributed by atoms with Gasteiger partial charge in [-0.25, -0.2) is 4.98 Å². The van der Waals surface area contributed by atoms with Crippen molar-refractivity contribution in [3.05, 3.63) is 123 Å². The van der Waals surface area contributed by atoms with Gasteiger partial charge in [0, 0.05) is 30.3 Å². The molecule has 2 aromatic heterocycles. The van der Waals surface area contributed by atoms with Gasteiger partial charge >= 0.3 is 5.97 Å². The van der Waals surface area contributed by atoms with Gasteiger partial charge in [-0.2, -0.15) is 0 Å². The molecule has 0 aliphatic carbocycles. The topological polar surface area (TPSA) is 86.1 Å². The van der Waals surface area contributed by atoms with Crippen LogP contribution in [0, 0.1) is 13.8 Å². The minimum Gasteiger partial charge on any atom is -0.456 e. The lowest BCUT2D eigenvalue weighted by molar-refractivity contribution is -0.160. The number of hydrogen-bond donors (Lipinski definition) is 2. The van der Waals surface area contributed by atoms with Crippen molar-refractivity contribution >= 4 is 51.9 Å². The Balaban J connectivity index is 1.35. The fourth-order valence-corrected chi connectivity index (χ4v) is 6.22. The quantitative estimate of drug-likeness (QED) is 0.118. The summed E-state index contributed by atoms with van der Waals surface area (Å²) >= 11 is 12.8. The molecular weight excluding hydrogens is 611 g/mol. The highest BCUT2D eigenvalue weighted by atomic mass is 35.5. The van der Waals surface area contributed by atoms with Gasteiger partial charge in [0.25, 0.3) is 0 Å². The Kier molecular flexibility index (Phi) is 9.28. The predicted molar refractivity (Wildman–Crippen MR) is 178 cm³/mol. The summed E-state index contributed by atoms with van der Waals surface area (Å²) in [6.07, 6.45) is 0.727. The zero-order valence-electron chi connectivity index (χ0n) is 25.2. The van der Waals surface area contributed by atoms with E-state index in [-0.39, 0.29) is 6.42 Å². The molecular formula is C35H34Cl2N4O4. The number of para-hydroxylation sites is 2. The summed E-state index contributed by atoms with van der Waals surface area (Å²) in [5, 5.41) is 7.93. The number of aromatic nitrogens is 2. The summed E-state index contributed by atoms with van der Waals surface area (Å²) in [5.74, 6) is -0.403. The first-order valence-electron chi connectivity index (χ1n) is 14.7. The first-order valence-corrected chi connectivity index (χ1v) is 15.5. The van der Waals surface area contributed by atoms with Crippen molar-refractivity contribution in [2.75, 3.05) is 31.0 Å². The number of methoxy groups -OCH3 is 1. The molecule has 0 saturated carbocycles. The Morgan fingerprint density at radius 2 is 1.69 bits per heavy atom. The Morgan fingerprint density at radius 1 is 0.956 bits per heavy atom. The average Bonchev–Trinajstić information content (AvgIpc) is 3.34. The normalized spacial score (nSPS) is 17.5. The van der Waals surface area contributed by atoms with Gasteiger partial charge in [-0.1, -0.05) is 77.8 Å². The van der Waals surface area contributed by atoms with Crippen LogP contribution in [0.2, 0.25) is 10.0 Å². The van der Waals surface area contributed by atoms with E-state index in [0.29, 0.717) is 34.6 Å². The minimum absolute atomic E-state index is 0.0125. The predicted octanol–water partition coefficient (Wildman–Crippen LogP) is 8.03. The molecule has 10 heteroatoms. The van der Waals surface area contributed by atoms with Crippen LogP contribution < -0.4 is 10.6 Å². The van der Waals surface area contributed by atoms with Gasteiger partial charge in [0.05, 0.1) is 52.8 Å². The second kappa shape index (κ2) is 13.5. The largest absolute Gasteiger partial charge is 0.456 e. The summed E-state index contributed by atoms with van der Waals surface area (Å²) in [6, 6.07) is 24.4. The van der Waals surface area contributed by atoms with Gasteiger partial charge in [-0.05, 0) is 49.2 Å². The van der Waals surface area contributed by atoms with Gasteiger partial charge in [-0.15, -0.1) is 0 Å². The molecule has 0 spiro atoms. The zero-order chi connectivity index (χ0) is 31.5. The van der Waals surface area contributed by atoms with Crippen LogP contribution in [0.15, 0.2) is 85.1 Å². The molecule has 3 aromatic carbocycles. The molecule has 0 bridgehead atoms. The number of esters is 1. The van der Waals surface area contributed by atoms with Crippen molar-refractivity contribution in [1.82, 2.24) is 9.38 Å². The van der Waals surface area contributed by atoms with E-state index < -0.39 is 24.2 Å². The SMILES string of the molecule is COCCOC1c2ccn3c(C)c(C)nc3c2NC(c2ccccc2)C1OC(=O)Cc1ccccc1Nc1c(Cl)cccc1Cl. The first kappa shape index (κ1) is 30.9. The van der Waals surface area contributed by atoms with Crippen molar-refractivity contribution in [2.45, 2.75) is 38.5 Å². The van der Waals surface area contributed by atoms with E-state index in [4.69, 9.17) is 42.4 Å². The number of pyridine rings is 1. The monoisotopic (exact) mass is 644 g/mol. The van der Waals surface area contributed by atoms with Crippen LogP contribution in [0.25, 0.3) is 5.65 Å². The molecule has 0 saturated heterocycles. The number of carbonyl (C=O) groups excluding carboxylic acids is 1. The maximum atomic E-state index is 13.8. The number of hydrogen-bond acceptors (Lipinski definition) is 7. The Labute approximate surface area is 272 Å². The van der Waals surface area contributed by atoms with E-state index in [9.17, 15) is 4.79 Å². The van der Waals surface area contributed by atoms with Crippen LogP contribution >= 0.6 is 23.2 Å². The highest BCUT2D eigenvalue weighted by Crippen LogP contribution is 2.45. The summed E-state index contributed by atoms with van der Waals surface area (Å²) in [5.41, 5.74) is 7.48. The Morgan fingerprint density at radius 3 is 2.44 bits per heavy atom. The van der Waals surface area contributed by atoms with E-state index in [1.54, 1.807) is 25.3 Å². The molecule has 8 nitrogen and oxygen atoms in total. The molecule has 1 aliphatic rings. The first-order chi connectivity index (χ1) is 21.9. The van der Waals surface area contributed by atoms with E-state index >= 15 is 0 Å². The minimum atomic E-state index is -0.693. The number of imidazole rings is 1. The van der Waals surface area contributed by atoms with Crippen LogP contribution in [-0.2, 0) is 25.4 Å². The molecule has 6 rings (SSSR count). The Bertz CT molecular complexity index is 1810.